The summed E-state index contributed by atoms with van der Waals surface area (Å²) in [5, 5.41) is 7.50. The first-order valence-electron chi connectivity index (χ1n) is 4.68. The molecule has 0 saturated carbocycles. The Hall–Kier alpha value is -1.88. The molecule has 2 N–H and O–H groups in total. The van der Waals surface area contributed by atoms with E-state index < -0.39 is 0 Å². The number of nitrogens with one attached hydrogen (secondary N) is 2. The van der Waals surface area contributed by atoms with Gasteiger partial charge in [0.1, 0.15) is 0 Å². The molecule has 0 aliphatic rings. The number of para-hydroxylation sites is 1. The number of H-pyrrole nitrogens is 1. The van der Waals surface area contributed by atoms with Crippen LogP contribution in [0.15, 0.2) is 24.3 Å². The van der Waals surface area contributed by atoms with E-state index in [4.69, 9.17) is 4.84 Å². The molecule has 1 aromatic heterocycles. The Bertz CT molecular complexity index is 478. The molecule has 0 radical (unpaired) electrons. The lowest BCUT2D eigenvalue weighted by atomic mass is 10.2. The number of carbonyl (C=O) groups excluding carboxylic acids is 1. The second-order valence-corrected chi connectivity index (χ2v) is 2.98. The molecule has 0 aliphatic heterocycles. The molecule has 0 atom stereocenters. The Balaban J connectivity index is 2.31. The van der Waals surface area contributed by atoms with Crippen LogP contribution in [0.2, 0.25) is 0 Å². The van der Waals surface area contributed by atoms with Crippen LogP contribution in [-0.2, 0) is 4.84 Å². The molecular formula is C10H11N3O2. The van der Waals surface area contributed by atoms with Crippen LogP contribution in [0.1, 0.15) is 17.4 Å². The van der Waals surface area contributed by atoms with Gasteiger partial charge in [-0.05, 0) is 13.0 Å². The van der Waals surface area contributed by atoms with E-state index in [1.165, 1.54) is 0 Å². The van der Waals surface area contributed by atoms with Crippen molar-refractivity contribution in [2.75, 3.05) is 6.61 Å². The molecular weight excluding hydrogens is 194 g/mol. The van der Waals surface area contributed by atoms with Crippen molar-refractivity contribution in [1.29, 1.82) is 0 Å². The highest BCUT2D eigenvalue weighted by Gasteiger charge is 2.12. The van der Waals surface area contributed by atoms with E-state index in [1.807, 2.05) is 24.3 Å². The number of nitrogens with zero attached hydrogens (tertiary/aromatic N) is 1. The number of rotatable bonds is 3. The third-order valence-electron chi connectivity index (χ3n) is 1.99. The smallest absolute Gasteiger partial charge is 0.277 e. The highest BCUT2D eigenvalue weighted by Crippen LogP contribution is 2.14. The fraction of sp³-hybridized carbons (Fsp3) is 0.200. The maximum Gasteiger partial charge on any atom is 0.295 e. The van der Waals surface area contributed by atoms with E-state index in [9.17, 15) is 4.79 Å². The summed E-state index contributed by atoms with van der Waals surface area (Å²) in [5.74, 6) is -0.339. The van der Waals surface area contributed by atoms with Crippen molar-refractivity contribution in [3.63, 3.8) is 0 Å². The normalized spacial score (nSPS) is 10.5. The molecule has 2 rings (SSSR count). The summed E-state index contributed by atoms with van der Waals surface area (Å²) >= 11 is 0. The largest absolute Gasteiger partial charge is 0.295 e. The number of hydroxylamine groups is 1. The van der Waals surface area contributed by atoms with Gasteiger partial charge in [-0.3, -0.25) is 14.7 Å². The summed E-state index contributed by atoms with van der Waals surface area (Å²) < 4.78 is 0. The van der Waals surface area contributed by atoms with Gasteiger partial charge in [0.15, 0.2) is 5.69 Å². The summed E-state index contributed by atoms with van der Waals surface area (Å²) in [5.41, 5.74) is 3.48. The Morgan fingerprint density at radius 1 is 1.53 bits per heavy atom. The SMILES string of the molecule is CCONC(=O)c1n[nH]c2ccccc12. The molecule has 0 saturated heterocycles. The van der Waals surface area contributed by atoms with Crippen LogP contribution in [0.25, 0.3) is 10.9 Å². The molecule has 1 amide bonds. The number of carbonyl (C=O) groups is 1. The molecule has 0 fully saturated rings. The molecule has 78 valence electrons. The zero-order chi connectivity index (χ0) is 10.7. The quantitative estimate of drug-likeness (QED) is 0.741. The Kier molecular flexibility index (Phi) is 2.64. The fourth-order valence-corrected chi connectivity index (χ4v) is 1.32. The molecule has 5 heteroatoms. The van der Waals surface area contributed by atoms with Crippen molar-refractivity contribution in [2.24, 2.45) is 0 Å². The van der Waals surface area contributed by atoms with Crippen molar-refractivity contribution in [3.8, 4) is 0 Å². The standard InChI is InChI=1S/C10H11N3O2/c1-2-15-13-10(14)9-7-5-3-4-6-8(7)11-12-9/h3-6H,2H2,1H3,(H,11,12)(H,13,14). The van der Waals surface area contributed by atoms with Crippen molar-refractivity contribution >= 4 is 16.8 Å². The first-order chi connectivity index (χ1) is 7.33. The summed E-state index contributed by atoms with van der Waals surface area (Å²) in [4.78, 5) is 16.4. The van der Waals surface area contributed by atoms with E-state index in [2.05, 4.69) is 15.7 Å². The van der Waals surface area contributed by atoms with Crippen LogP contribution in [0.4, 0.5) is 0 Å². The van der Waals surface area contributed by atoms with Gasteiger partial charge in [-0.25, -0.2) is 5.48 Å². The van der Waals surface area contributed by atoms with E-state index in [-0.39, 0.29) is 5.91 Å². The number of benzene rings is 1. The maximum atomic E-state index is 11.6. The number of amides is 1. The minimum absolute atomic E-state index is 0.339. The topological polar surface area (TPSA) is 67.0 Å². The highest BCUT2D eigenvalue weighted by molar-refractivity contribution is 6.04. The zero-order valence-electron chi connectivity index (χ0n) is 8.28. The predicted octanol–water partition coefficient (Wildman–Crippen LogP) is 1.24. The lowest BCUT2D eigenvalue weighted by Gasteiger charge is -2.00. The molecule has 1 heterocycles. The van der Waals surface area contributed by atoms with E-state index in [0.29, 0.717) is 12.3 Å². The van der Waals surface area contributed by atoms with Crippen molar-refractivity contribution in [2.45, 2.75) is 6.92 Å². The van der Waals surface area contributed by atoms with Gasteiger partial charge in [-0.2, -0.15) is 5.10 Å². The fourth-order valence-electron chi connectivity index (χ4n) is 1.32. The maximum absolute atomic E-state index is 11.6. The first-order valence-corrected chi connectivity index (χ1v) is 4.68. The van der Waals surface area contributed by atoms with E-state index in [1.54, 1.807) is 6.92 Å². The lowest BCUT2D eigenvalue weighted by Crippen LogP contribution is -2.24. The van der Waals surface area contributed by atoms with Gasteiger partial charge in [0, 0.05) is 5.39 Å². The minimum atomic E-state index is -0.339. The Morgan fingerprint density at radius 3 is 3.13 bits per heavy atom. The minimum Gasteiger partial charge on any atom is -0.277 e. The highest BCUT2D eigenvalue weighted by atomic mass is 16.6. The molecule has 5 nitrogen and oxygen atoms in total. The van der Waals surface area contributed by atoms with Crippen molar-refractivity contribution < 1.29 is 9.63 Å². The number of hydrogen-bond acceptors (Lipinski definition) is 3. The molecule has 0 bridgehead atoms. The second kappa shape index (κ2) is 4.10. The first kappa shape index (κ1) is 9.67. The third-order valence-corrected chi connectivity index (χ3v) is 1.99. The molecule has 0 unspecified atom stereocenters. The van der Waals surface area contributed by atoms with Gasteiger partial charge >= 0.3 is 0 Å². The van der Waals surface area contributed by atoms with Crippen LogP contribution >= 0.6 is 0 Å². The summed E-state index contributed by atoms with van der Waals surface area (Å²) in [6.07, 6.45) is 0. The Labute approximate surface area is 86.4 Å². The summed E-state index contributed by atoms with van der Waals surface area (Å²) in [6, 6.07) is 7.43. The number of aromatic amines is 1. The van der Waals surface area contributed by atoms with Gasteiger partial charge in [0.2, 0.25) is 0 Å². The van der Waals surface area contributed by atoms with Crippen LogP contribution < -0.4 is 5.48 Å². The summed E-state index contributed by atoms with van der Waals surface area (Å²) in [7, 11) is 0. The van der Waals surface area contributed by atoms with E-state index in [0.717, 1.165) is 10.9 Å². The van der Waals surface area contributed by atoms with Gasteiger partial charge in [-0.15, -0.1) is 0 Å². The number of fused-ring (bicyclic) bond motifs is 1. The average molecular weight is 205 g/mol. The van der Waals surface area contributed by atoms with Gasteiger partial charge in [0.25, 0.3) is 5.91 Å². The predicted molar refractivity (Wildman–Crippen MR) is 55.2 cm³/mol. The van der Waals surface area contributed by atoms with Crippen LogP contribution in [0.3, 0.4) is 0 Å². The molecule has 2 aromatic rings. The second-order valence-electron chi connectivity index (χ2n) is 2.98. The van der Waals surface area contributed by atoms with Crippen LogP contribution in [0, 0.1) is 0 Å². The van der Waals surface area contributed by atoms with Crippen molar-refractivity contribution in [1.82, 2.24) is 15.7 Å². The average Bonchev–Trinajstić information content (AvgIpc) is 2.69. The van der Waals surface area contributed by atoms with Crippen molar-refractivity contribution in [3.05, 3.63) is 30.0 Å². The zero-order valence-corrected chi connectivity index (χ0v) is 8.28. The van der Waals surface area contributed by atoms with Gasteiger partial charge < -0.3 is 0 Å². The lowest BCUT2D eigenvalue weighted by molar-refractivity contribution is 0.0361. The number of hydrogen-bond donors (Lipinski definition) is 2. The molecule has 15 heavy (non-hydrogen) atoms. The number of aromatic nitrogens is 2. The molecule has 1 aromatic carbocycles. The van der Waals surface area contributed by atoms with Gasteiger partial charge in [0.05, 0.1) is 12.1 Å². The summed E-state index contributed by atoms with van der Waals surface area (Å²) in [6.45, 7) is 2.22. The van der Waals surface area contributed by atoms with Crippen LogP contribution in [0.5, 0.6) is 0 Å². The van der Waals surface area contributed by atoms with E-state index >= 15 is 0 Å². The molecule has 0 aliphatic carbocycles. The monoisotopic (exact) mass is 205 g/mol. The van der Waals surface area contributed by atoms with Gasteiger partial charge in [-0.1, -0.05) is 18.2 Å². The van der Waals surface area contributed by atoms with Crippen LogP contribution in [-0.4, -0.2) is 22.7 Å². The third kappa shape index (κ3) is 1.82. The Morgan fingerprint density at radius 2 is 2.33 bits per heavy atom. The molecule has 0 spiro atoms.